The van der Waals surface area contributed by atoms with Crippen molar-refractivity contribution in [2.24, 2.45) is 4.99 Å². The lowest BCUT2D eigenvalue weighted by Crippen LogP contribution is -2.40. The van der Waals surface area contributed by atoms with Crippen LogP contribution in [0.15, 0.2) is 94.2 Å². The van der Waals surface area contributed by atoms with Gasteiger partial charge in [0.15, 0.2) is 4.80 Å². The molecule has 5 rings (SSSR count). The quantitative estimate of drug-likeness (QED) is 0.332. The van der Waals surface area contributed by atoms with E-state index in [0.29, 0.717) is 25.6 Å². The minimum atomic E-state index is -0.726. The third-order valence-corrected chi connectivity index (χ3v) is 7.50. The molecule has 38 heavy (non-hydrogen) atoms. The lowest BCUT2D eigenvalue weighted by Gasteiger charge is -2.25. The maximum absolute atomic E-state index is 13.9. The number of hydrogen-bond acceptors (Lipinski definition) is 6. The second kappa shape index (κ2) is 10.8. The van der Waals surface area contributed by atoms with Crippen molar-refractivity contribution in [1.29, 1.82) is 0 Å². The smallest absolute Gasteiger partial charge is 0.338 e. The highest BCUT2D eigenvalue weighted by atomic mass is 35.5. The summed E-state index contributed by atoms with van der Waals surface area (Å²) in [5.41, 5.74) is 4.06. The van der Waals surface area contributed by atoms with Gasteiger partial charge in [-0.15, -0.1) is 0 Å². The first-order valence-corrected chi connectivity index (χ1v) is 13.4. The predicted molar refractivity (Wildman–Crippen MR) is 153 cm³/mol. The summed E-state index contributed by atoms with van der Waals surface area (Å²) in [5.74, 6) is -0.511. The van der Waals surface area contributed by atoms with Crippen LogP contribution in [0, 0.1) is 0 Å². The molecule has 0 bridgehead atoms. The van der Waals surface area contributed by atoms with Crippen LogP contribution < -0.4 is 19.8 Å². The van der Waals surface area contributed by atoms with Gasteiger partial charge in [0.05, 0.1) is 28.5 Å². The fourth-order valence-electron chi connectivity index (χ4n) is 4.42. The van der Waals surface area contributed by atoms with E-state index >= 15 is 0 Å². The molecule has 1 aliphatic heterocycles. The van der Waals surface area contributed by atoms with Gasteiger partial charge >= 0.3 is 5.97 Å². The van der Waals surface area contributed by atoms with Crippen molar-refractivity contribution in [2.75, 3.05) is 25.6 Å². The standard InChI is InChI=1S/C30H26ClN3O3S/c1-4-37-29(36)25-26(20-8-6-5-7-9-20)32-30-34(27(25)21-12-14-22(31)15-13-21)28(35)24(38-30)18-19-10-16-23(17-11-19)33(2)3/h5-18,27H,4H2,1-3H3/b24-18-/t27-/m1/s1. The van der Waals surface area contributed by atoms with Crippen molar-refractivity contribution in [3.63, 3.8) is 0 Å². The number of benzene rings is 3. The number of fused-ring (bicyclic) bond motifs is 1. The van der Waals surface area contributed by atoms with Crippen molar-refractivity contribution < 1.29 is 9.53 Å². The van der Waals surface area contributed by atoms with Crippen molar-refractivity contribution in [3.05, 3.63) is 126 Å². The van der Waals surface area contributed by atoms with Crippen LogP contribution in [-0.4, -0.2) is 31.2 Å². The van der Waals surface area contributed by atoms with E-state index in [2.05, 4.69) is 0 Å². The zero-order valence-electron chi connectivity index (χ0n) is 21.2. The van der Waals surface area contributed by atoms with Crippen LogP contribution in [0.5, 0.6) is 0 Å². The van der Waals surface area contributed by atoms with Gasteiger partial charge in [0.1, 0.15) is 0 Å². The Labute approximate surface area is 229 Å². The summed E-state index contributed by atoms with van der Waals surface area (Å²) in [6, 6.07) is 23.9. The zero-order chi connectivity index (χ0) is 26.8. The molecule has 0 unspecified atom stereocenters. The molecule has 2 heterocycles. The molecule has 6 nitrogen and oxygen atoms in total. The first-order chi connectivity index (χ1) is 18.4. The van der Waals surface area contributed by atoms with Crippen molar-refractivity contribution in [2.45, 2.75) is 13.0 Å². The number of hydrogen-bond donors (Lipinski definition) is 0. The molecule has 0 N–H and O–H groups in total. The van der Waals surface area contributed by atoms with Crippen LogP contribution >= 0.6 is 22.9 Å². The van der Waals surface area contributed by atoms with Crippen LogP contribution in [0.2, 0.25) is 5.02 Å². The average Bonchev–Trinajstić information content (AvgIpc) is 3.23. The van der Waals surface area contributed by atoms with E-state index in [9.17, 15) is 9.59 Å². The summed E-state index contributed by atoms with van der Waals surface area (Å²) in [6.45, 7) is 1.96. The third-order valence-electron chi connectivity index (χ3n) is 6.27. The Balaban J connectivity index is 1.78. The number of anilines is 1. The second-order valence-electron chi connectivity index (χ2n) is 8.97. The summed E-state index contributed by atoms with van der Waals surface area (Å²) in [5, 5.41) is 0.562. The lowest BCUT2D eigenvalue weighted by molar-refractivity contribution is -0.138. The molecule has 8 heteroatoms. The minimum Gasteiger partial charge on any atom is -0.463 e. The lowest BCUT2D eigenvalue weighted by atomic mass is 9.93. The van der Waals surface area contributed by atoms with Crippen LogP contribution in [-0.2, 0) is 9.53 Å². The third kappa shape index (κ3) is 4.95. The summed E-state index contributed by atoms with van der Waals surface area (Å²) in [6.07, 6.45) is 1.86. The molecular weight excluding hydrogens is 518 g/mol. The topological polar surface area (TPSA) is 63.9 Å². The molecule has 3 aromatic carbocycles. The van der Waals surface area contributed by atoms with Gasteiger partial charge < -0.3 is 9.64 Å². The molecule has 0 radical (unpaired) electrons. The Morgan fingerprint density at radius 1 is 1.05 bits per heavy atom. The molecule has 0 aliphatic carbocycles. The normalized spacial score (nSPS) is 15.2. The Morgan fingerprint density at radius 3 is 2.37 bits per heavy atom. The van der Waals surface area contributed by atoms with E-state index < -0.39 is 12.0 Å². The molecule has 1 atom stereocenters. The van der Waals surface area contributed by atoms with E-state index in [1.807, 2.05) is 91.8 Å². The van der Waals surface area contributed by atoms with Gasteiger partial charge in [-0.25, -0.2) is 9.79 Å². The number of nitrogens with zero attached hydrogens (tertiary/aromatic N) is 3. The minimum absolute atomic E-state index is 0.200. The second-order valence-corrected chi connectivity index (χ2v) is 10.4. The van der Waals surface area contributed by atoms with Crippen molar-refractivity contribution in [3.8, 4) is 0 Å². The van der Waals surface area contributed by atoms with E-state index in [4.69, 9.17) is 21.3 Å². The highest BCUT2D eigenvalue weighted by Crippen LogP contribution is 2.35. The zero-order valence-corrected chi connectivity index (χ0v) is 22.8. The van der Waals surface area contributed by atoms with Gasteiger partial charge in [0.25, 0.3) is 5.56 Å². The maximum atomic E-state index is 13.9. The monoisotopic (exact) mass is 543 g/mol. The number of ether oxygens (including phenoxy) is 1. The molecule has 1 aliphatic rings. The van der Waals surface area contributed by atoms with E-state index in [0.717, 1.165) is 22.4 Å². The van der Waals surface area contributed by atoms with Crippen LogP contribution in [0.25, 0.3) is 11.8 Å². The number of aromatic nitrogens is 1. The molecule has 4 aromatic rings. The molecule has 192 valence electrons. The van der Waals surface area contributed by atoms with Crippen LogP contribution in [0.1, 0.15) is 29.7 Å². The molecule has 0 saturated heterocycles. The number of carbonyl (C=O) groups excluding carboxylic acids is 1. The van der Waals surface area contributed by atoms with Gasteiger partial charge in [-0.2, -0.15) is 0 Å². The highest BCUT2D eigenvalue weighted by molar-refractivity contribution is 7.07. The molecule has 0 fully saturated rings. The number of esters is 1. The summed E-state index contributed by atoms with van der Waals surface area (Å²) >= 11 is 7.48. The number of thiazole rings is 1. The number of carbonyl (C=O) groups is 1. The van der Waals surface area contributed by atoms with Crippen LogP contribution in [0.3, 0.4) is 0 Å². The fraction of sp³-hybridized carbons (Fsp3) is 0.167. The summed E-state index contributed by atoms with van der Waals surface area (Å²) in [4.78, 5) is 34.7. The van der Waals surface area contributed by atoms with E-state index in [1.54, 1.807) is 23.6 Å². The van der Waals surface area contributed by atoms with Crippen molar-refractivity contribution in [1.82, 2.24) is 4.57 Å². The van der Waals surface area contributed by atoms with Gasteiger partial charge in [-0.1, -0.05) is 77.5 Å². The van der Waals surface area contributed by atoms with E-state index in [-0.39, 0.29) is 12.2 Å². The van der Waals surface area contributed by atoms with Crippen molar-refractivity contribution >= 4 is 46.4 Å². The fourth-order valence-corrected chi connectivity index (χ4v) is 5.55. The molecule has 0 spiro atoms. The Morgan fingerprint density at radius 2 is 1.74 bits per heavy atom. The first kappa shape index (κ1) is 25.7. The van der Waals surface area contributed by atoms with E-state index in [1.165, 1.54) is 11.3 Å². The van der Waals surface area contributed by atoms with Gasteiger partial charge in [-0.05, 0) is 48.4 Å². The predicted octanol–water partition coefficient (Wildman–Crippen LogP) is 4.66. The Hall–Kier alpha value is -3.94. The maximum Gasteiger partial charge on any atom is 0.338 e. The SMILES string of the molecule is CCOC(=O)C1=C(c2ccccc2)N=c2s/c(=C\c3ccc(N(C)C)cc3)c(=O)n2[C@@H]1c1ccc(Cl)cc1. The number of halogens is 1. The molecule has 0 saturated carbocycles. The van der Waals surface area contributed by atoms with Gasteiger partial charge in [0.2, 0.25) is 0 Å². The van der Waals surface area contributed by atoms with Gasteiger partial charge in [0, 0.05) is 30.4 Å². The average molecular weight is 544 g/mol. The molecule has 0 amide bonds. The van der Waals surface area contributed by atoms with Gasteiger partial charge in [-0.3, -0.25) is 9.36 Å². The largest absolute Gasteiger partial charge is 0.463 e. The summed E-state index contributed by atoms with van der Waals surface area (Å²) < 4.78 is 7.61. The highest BCUT2D eigenvalue weighted by Gasteiger charge is 2.35. The molecular formula is C30H26ClN3O3S. The Kier molecular flexibility index (Phi) is 7.31. The summed E-state index contributed by atoms with van der Waals surface area (Å²) in [7, 11) is 3.96. The van der Waals surface area contributed by atoms with Crippen LogP contribution in [0.4, 0.5) is 5.69 Å². The number of rotatable bonds is 6. The molecule has 1 aromatic heterocycles. The first-order valence-electron chi connectivity index (χ1n) is 12.2. The Bertz CT molecular complexity index is 1690.